The number of halogens is 1. The highest BCUT2D eigenvalue weighted by atomic mass is 79.9. The molecular formula is C5H7BrO. The lowest BCUT2D eigenvalue weighted by atomic mass is 10.5. The molecule has 0 aromatic rings. The first-order valence-electron chi connectivity index (χ1n) is 1.90. The molecule has 0 aromatic heterocycles. The predicted octanol–water partition coefficient (Wildman–Crippen LogP) is 1.44. The second-order valence-electron chi connectivity index (χ2n) is 0.976. The molecule has 2 heteroatoms. The van der Waals surface area contributed by atoms with Gasteiger partial charge < -0.3 is 5.11 Å². The minimum Gasteiger partial charge on any atom is -0.392 e. The molecule has 0 aliphatic rings. The first-order valence-corrected chi connectivity index (χ1v) is 2.69. The monoisotopic (exact) mass is 162 g/mol. The van der Waals surface area contributed by atoms with Crippen molar-refractivity contribution in [3.63, 3.8) is 0 Å². The van der Waals surface area contributed by atoms with Gasteiger partial charge in [-0.25, -0.2) is 0 Å². The van der Waals surface area contributed by atoms with Crippen molar-refractivity contribution in [1.82, 2.24) is 0 Å². The molecular weight excluding hydrogens is 156 g/mol. The molecule has 0 saturated carbocycles. The van der Waals surface area contributed by atoms with Crippen LogP contribution in [0.1, 0.15) is 0 Å². The van der Waals surface area contributed by atoms with E-state index < -0.39 is 0 Å². The summed E-state index contributed by atoms with van der Waals surface area (Å²) in [6, 6.07) is 0. The maximum absolute atomic E-state index is 8.21. The molecule has 0 rings (SSSR count). The maximum Gasteiger partial charge on any atom is 0.0626 e. The van der Waals surface area contributed by atoms with Gasteiger partial charge in [0.25, 0.3) is 0 Å². The van der Waals surface area contributed by atoms with Gasteiger partial charge in [-0.15, -0.1) is 0 Å². The van der Waals surface area contributed by atoms with Crippen molar-refractivity contribution in [3.8, 4) is 0 Å². The summed E-state index contributed by atoms with van der Waals surface area (Å²) in [6.45, 7) is 3.52. The first kappa shape index (κ1) is 6.92. The molecule has 7 heavy (non-hydrogen) atoms. The molecule has 0 aliphatic carbocycles. The quantitative estimate of drug-likeness (QED) is 0.610. The standard InChI is InChI=1S/C5H7BrO/c1-2-5(6)3-4-7/h2-3,7H,1,4H2/b5-3+. The van der Waals surface area contributed by atoms with E-state index in [2.05, 4.69) is 22.5 Å². The van der Waals surface area contributed by atoms with Gasteiger partial charge in [-0.3, -0.25) is 0 Å². The van der Waals surface area contributed by atoms with Gasteiger partial charge >= 0.3 is 0 Å². The van der Waals surface area contributed by atoms with E-state index >= 15 is 0 Å². The van der Waals surface area contributed by atoms with Crippen LogP contribution >= 0.6 is 15.9 Å². The fourth-order valence-corrected chi connectivity index (χ4v) is 0.315. The SMILES string of the molecule is C=C/C(Br)=C\CO. The van der Waals surface area contributed by atoms with E-state index in [1.165, 1.54) is 0 Å². The second-order valence-corrected chi connectivity index (χ2v) is 1.89. The molecule has 0 heterocycles. The minimum atomic E-state index is 0.0621. The fourth-order valence-electron chi connectivity index (χ4n) is 0.171. The normalized spacial score (nSPS) is 11.4. The van der Waals surface area contributed by atoms with Crippen LogP contribution in [0.15, 0.2) is 23.2 Å². The molecule has 0 atom stereocenters. The number of rotatable bonds is 2. The summed E-state index contributed by atoms with van der Waals surface area (Å²) in [4.78, 5) is 0. The van der Waals surface area contributed by atoms with Crippen molar-refractivity contribution in [2.45, 2.75) is 0 Å². The molecule has 0 saturated heterocycles. The van der Waals surface area contributed by atoms with Gasteiger partial charge in [0.2, 0.25) is 0 Å². The lowest BCUT2D eigenvalue weighted by Gasteiger charge is -1.80. The van der Waals surface area contributed by atoms with Gasteiger partial charge in [-0.05, 0) is 6.08 Å². The van der Waals surface area contributed by atoms with Gasteiger partial charge in [0.1, 0.15) is 0 Å². The third-order valence-electron chi connectivity index (χ3n) is 0.481. The lowest BCUT2D eigenvalue weighted by Crippen LogP contribution is -1.70. The summed E-state index contributed by atoms with van der Waals surface area (Å²) in [5, 5.41) is 8.21. The van der Waals surface area contributed by atoms with Gasteiger partial charge in [0.05, 0.1) is 6.61 Å². The van der Waals surface area contributed by atoms with Crippen molar-refractivity contribution in [2.75, 3.05) is 6.61 Å². The van der Waals surface area contributed by atoms with Crippen LogP contribution in [0.4, 0.5) is 0 Å². The Morgan fingerprint density at radius 2 is 2.43 bits per heavy atom. The largest absolute Gasteiger partial charge is 0.392 e. The number of hydrogen-bond donors (Lipinski definition) is 1. The Balaban J connectivity index is 3.49. The molecule has 0 unspecified atom stereocenters. The van der Waals surface area contributed by atoms with E-state index in [0.29, 0.717) is 0 Å². The first-order chi connectivity index (χ1) is 3.31. The highest BCUT2D eigenvalue weighted by Gasteiger charge is 1.75. The van der Waals surface area contributed by atoms with Crippen LogP contribution in [0.3, 0.4) is 0 Å². The molecule has 0 radical (unpaired) electrons. The second kappa shape index (κ2) is 4.09. The average Bonchev–Trinajstić information content (AvgIpc) is 1.68. The van der Waals surface area contributed by atoms with Crippen LogP contribution in [0.5, 0.6) is 0 Å². The Morgan fingerprint density at radius 1 is 1.86 bits per heavy atom. The lowest BCUT2D eigenvalue weighted by molar-refractivity contribution is 0.342. The van der Waals surface area contributed by atoms with Crippen LogP contribution in [0, 0.1) is 0 Å². The Morgan fingerprint density at radius 3 is 2.57 bits per heavy atom. The summed E-state index contributed by atoms with van der Waals surface area (Å²) < 4.78 is 0.829. The van der Waals surface area contributed by atoms with Crippen LogP contribution < -0.4 is 0 Å². The number of hydrogen-bond acceptors (Lipinski definition) is 1. The summed E-state index contributed by atoms with van der Waals surface area (Å²) in [5.74, 6) is 0. The molecule has 0 amide bonds. The fraction of sp³-hybridized carbons (Fsp3) is 0.200. The zero-order chi connectivity index (χ0) is 5.70. The third kappa shape index (κ3) is 3.76. The molecule has 0 spiro atoms. The van der Waals surface area contributed by atoms with Crippen molar-refractivity contribution in [2.24, 2.45) is 0 Å². The van der Waals surface area contributed by atoms with Gasteiger partial charge in [0, 0.05) is 4.48 Å². The van der Waals surface area contributed by atoms with E-state index in [-0.39, 0.29) is 6.61 Å². The highest BCUT2D eigenvalue weighted by Crippen LogP contribution is 2.02. The van der Waals surface area contributed by atoms with E-state index in [9.17, 15) is 0 Å². The Labute approximate surface area is 51.5 Å². The zero-order valence-electron chi connectivity index (χ0n) is 3.89. The zero-order valence-corrected chi connectivity index (χ0v) is 5.48. The van der Waals surface area contributed by atoms with Crippen LogP contribution in [-0.2, 0) is 0 Å². The van der Waals surface area contributed by atoms with E-state index in [1.807, 2.05) is 0 Å². The number of aliphatic hydroxyl groups excluding tert-OH is 1. The van der Waals surface area contributed by atoms with Gasteiger partial charge in [0.15, 0.2) is 0 Å². The smallest absolute Gasteiger partial charge is 0.0626 e. The topological polar surface area (TPSA) is 20.2 Å². The molecule has 0 aliphatic heterocycles. The molecule has 0 fully saturated rings. The summed E-state index contributed by atoms with van der Waals surface area (Å²) in [7, 11) is 0. The Hall–Kier alpha value is -0.0800. The molecule has 1 N–H and O–H groups in total. The number of allylic oxidation sites excluding steroid dienone is 2. The van der Waals surface area contributed by atoms with Gasteiger partial charge in [-0.2, -0.15) is 0 Å². The summed E-state index contributed by atoms with van der Waals surface area (Å²) in [6.07, 6.45) is 3.24. The van der Waals surface area contributed by atoms with E-state index in [0.717, 1.165) is 4.48 Å². The van der Waals surface area contributed by atoms with Gasteiger partial charge in [-0.1, -0.05) is 28.6 Å². The van der Waals surface area contributed by atoms with Crippen molar-refractivity contribution < 1.29 is 5.11 Å². The Bertz CT molecular complexity index is 86.1. The average molecular weight is 163 g/mol. The predicted molar refractivity (Wildman–Crippen MR) is 34.3 cm³/mol. The minimum absolute atomic E-state index is 0.0621. The Kier molecular flexibility index (Phi) is 4.04. The third-order valence-corrected chi connectivity index (χ3v) is 1.13. The molecule has 40 valence electrons. The summed E-state index contributed by atoms with van der Waals surface area (Å²) >= 11 is 3.12. The summed E-state index contributed by atoms with van der Waals surface area (Å²) in [5.41, 5.74) is 0. The molecule has 0 aromatic carbocycles. The molecule has 0 bridgehead atoms. The van der Waals surface area contributed by atoms with Crippen LogP contribution in [0.2, 0.25) is 0 Å². The van der Waals surface area contributed by atoms with E-state index in [1.54, 1.807) is 12.2 Å². The van der Waals surface area contributed by atoms with E-state index in [4.69, 9.17) is 5.11 Å². The van der Waals surface area contributed by atoms with Crippen molar-refractivity contribution in [1.29, 1.82) is 0 Å². The molecule has 1 nitrogen and oxygen atoms in total. The highest BCUT2D eigenvalue weighted by molar-refractivity contribution is 9.11. The van der Waals surface area contributed by atoms with Crippen LogP contribution in [-0.4, -0.2) is 11.7 Å². The number of aliphatic hydroxyl groups is 1. The maximum atomic E-state index is 8.21. The van der Waals surface area contributed by atoms with Crippen molar-refractivity contribution >= 4 is 15.9 Å². The van der Waals surface area contributed by atoms with Crippen LogP contribution in [0.25, 0.3) is 0 Å². The van der Waals surface area contributed by atoms with Crippen molar-refractivity contribution in [3.05, 3.63) is 23.2 Å².